The summed E-state index contributed by atoms with van der Waals surface area (Å²) in [5.41, 5.74) is 0. The van der Waals surface area contributed by atoms with Gasteiger partial charge >= 0.3 is 0 Å². The maximum absolute atomic E-state index is 13.2. The first kappa shape index (κ1) is 8.84. The van der Waals surface area contributed by atoms with Gasteiger partial charge in [0.15, 0.2) is 0 Å². The molecule has 0 N–H and O–H groups in total. The molecule has 0 aliphatic rings. The minimum absolute atomic E-state index is 0.221. The third-order valence-electron chi connectivity index (χ3n) is 1.80. The molecule has 0 unspecified atom stereocenters. The van der Waals surface area contributed by atoms with E-state index in [1.165, 1.54) is 17.4 Å². The lowest BCUT2D eigenvalue weighted by molar-refractivity contribution is 0.419. The molecule has 0 aliphatic heterocycles. The maximum atomic E-state index is 13.2. The van der Waals surface area contributed by atoms with Crippen LogP contribution in [0.1, 0.15) is 0 Å². The zero-order chi connectivity index (χ0) is 9.42. The van der Waals surface area contributed by atoms with Crippen LogP contribution >= 0.6 is 24.0 Å². The average molecular weight is 214 g/mol. The molecule has 0 saturated carbocycles. The summed E-state index contributed by atoms with van der Waals surface area (Å²) in [7, 11) is 1.57. The van der Waals surface area contributed by atoms with Crippen LogP contribution in [0.3, 0.4) is 0 Å². The number of thiophene rings is 1. The van der Waals surface area contributed by atoms with E-state index in [0.29, 0.717) is 10.4 Å². The highest BCUT2D eigenvalue weighted by molar-refractivity contribution is 7.83. The summed E-state index contributed by atoms with van der Waals surface area (Å²) in [4.78, 5) is 0. The van der Waals surface area contributed by atoms with E-state index in [-0.39, 0.29) is 5.82 Å². The summed E-state index contributed by atoms with van der Waals surface area (Å²) >= 11 is 5.49. The number of rotatable bonds is 1. The highest BCUT2D eigenvalue weighted by atomic mass is 32.2. The molecule has 4 heteroatoms. The van der Waals surface area contributed by atoms with Crippen LogP contribution < -0.4 is 4.74 Å². The van der Waals surface area contributed by atoms with Crippen LogP contribution in [0, 0.1) is 5.82 Å². The van der Waals surface area contributed by atoms with Crippen molar-refractivity contribution in [2.24, 2.45) is 0 Å². The Morgan fingerprint density at radius 3 is 2.92 bits per heavy atom. The SMILES string of the molecule is COc1ccc(F)c2sc(S)cc12. The molecule has 1 heterocycles. The van der Waals surface area contributed by atoms with Gasteiger partial charge in [0, 0.05) is 5.39 Å². The second kappa shape index (κ2) is 3.20. The molecule has 2 aromatic rings. The maximum Gasteiger partial charge on any atom is 0.141 e. The lowest BCUT2D eigenvalue weighted by Crippen LogP contribution is -1.83. The van der Waals surface area contributed by atoms with Gasteiger partial charge in [-0.25, -0.2) is 4.39 Å². The number of ether oxygens (including phenoxy) is 1. The molecule has 0 amide bonds. The second-order valence-corrected chi connectivity index (χ2v) is 4.41. The highest BCUT2D eigenvalue weighted by Gasteiger charge is 2.09. The molecule has 13 heavy (non-hydrogen) atoms. The molecule has 68 valence electrons. The summed E-state index contributed by atoms with van der Waals surface area (Å²) in [5, 5.41) is 0.789. The van der Waals surface area contributed by atoms with E-state index in [2.05, 4.69) is 12.6 Å². The van der Waals surface area contributed by atoms with Crippen LogP contribution in [0.4, 0.5) is 4.39 Å². The van der Waals surface area contributed by atoms with Crippen LogP contribution in [0.2, 0.25) is 0 Å². The van der Waals surface area contributed by atoms with E-state index in [0.717, 1.165) is 9.60 Å². The van der Waals surface area contributed by atoms with Crippen LogP contribution in [0.25, 0.3) is 10.1 Å². The van der Waals surface area contributed by atoms with Crippen LogP contribution in [0.15, 0.2) is 22.4 Å². The minimum Gasteiger partial charge on any atom is -0.496 e. The third-order valence-corrected chi connectivity index (χ3v) is 3.15. The van der Waals surface area contributed by atoms with E-state index in [1.54, 1.807) is 13.2 Å². The summed E-state index contributed by atoms with van der Waals surface area (Å²) < 4.78 is 19.7. The molecular weight excluding hydrogens is 207 g/mol. The summed E-state index contributed by atoms with van der Waals surface area (Å²) in [6.45, 7) is 0. The van der Waals surface area contributed by atoms with E-state index >= 15 is 0 Å². The highest BCUT2D eigenvalue weighted by Crippen LogP contribution is 2.35. The van der Waals surface area contributed by atoms with Gasteiger partial charge in [0.1, 0.15) is 11.6 Å². The van der Waals surface area contributed by atoms with Crippen molar-refractivity contribution in [2.45, 2.75) is 4.21 Å². The van der Waals surface area contributed by atoms with Crippen molar-refractivity contribution >= 4 is 34.1 Å². The molecule has 1 aromatic heterocycles. The molecule has 2 rings (SSSR count). The summed E-state index contributed by atoms with van der Waals surface area (Å²) in [5.74, 6) is 0.467. The van der Waals surface area contributed by atoms with Crippen LogP contribution in [0.5, 0.6) is 5.75 Å². The van der Waals surface area contributed by atoms with Gasteiger partial charge in [0.25, 0.3) is 0 Å². The fourth-order valence-corrected chi connectivity index (χ4v) is 2.45. The Bertz CT molecular complexity index is 450. The lowest BCUT2D eigenvalue weighted by atomic mass is 10.2. The second-order valence-electron chi connectivity index (χ2n) is 2.58. The molecule has 1 nitrogen and oxygen atoms in total. The Morgan fingerprint density at radius 2 is 2.23 bits per heavy atom. The number of thiol groups is 1. The number of halogens is 1. The Kier molecular flexibility index (Phi) is 2.17. The van der Waals surface area contributed by atoms with Crippen molar-refractivity contribution in [1.29, 1.82) is 0 Å². The van der Waals surface area contributed by atoms with Gasteiger partial charge in [0.2, 0.25) is 0 Å². The normalized spacial score (nSPS) is 10.7. The van der Waals surface area contributed by atoms with Gasteiger partial charge in [-0.3, -0.25) is 0 Å². The number of hydrogen-bond acceptors (Lipinski definition) is 3. The lowest BCUT2D eigenvalue weighted by Gasteiger charge is -2.00. The molecule has 0 atom stereocenters. The predicted molar refractivity (Wildman–Crippen MR) is 55.6 cm³/mol. The molecule has 0 saturated heterocycles. The van der Waals surface area contributed by atoms with Crippen molar-refractivity contribution in [2.75, 3.05) is 7.11 Å². The van der Waals surface area contributed by atoms with E-state index < -0.39 is 0 Å². The monoisotopic (exact) mass is 214 g/mol. The third kappa shape index (κ3) is 1.40. The number of methoxy groups -OCH3 is 1. The molecule has 0 fully saturated rings. The molecule has 1 aromatic carbocycles. The Morgan fingerprint density at radius 1 is 1.46 bits per heavy atom. The van der Waals surface area contributed by atoms with Crippen molar-refractivity contribution in [3.63, 3.8) is 0 Å². The van der Waals surface area contributed by atoms with Crippen molar-refractivity contribution in [3.8, 4) is 5.75 Å². The Hall–Kier alpha value is -0.740. The van der Waals surface area contributed by atoms with Gasteiger partial charge in [-0.15, -0.1) is 24.0 Å². The molecule has 0 aliphatic carbocycles. The fraction of sp³-hybridized carbons (Fsp3) is 0.111. The van der Waals surface area contributed by atoms with Gasteiger partial charge in [-0.05, 0) is 18.2 Å². The quantitative estimate of drug-likeness (QED) is 0.716. The van der Waals surface area contributed by atoms with Gasteiger partial charge in [-0.1, -0.05) is 0 Å². The minimum atomic E-state index is -0.221. The Labute approximate surface area is 84.6 Å². The van der Waals surface area contributed by atoms with Gasteiger partial charge in [-0.2, -0.15) is 0 Å². The zero-order valence-corrected chi connectivity index (χ0v) is 8.58. The average Bonchev–Trinajstić information content (AvgIpc) is 2.48. The molecule has 0 spiro atoms. The smallest absolute Gasteiger partial charge is 0.141 e. The van der Waals surface area contributed by atoms with Crippen LogP contribution in [-0.2, 0) is 0 Å². The van der Waals surface area contributed by atoms with Crippen LogP contribution in [-0.4, -0.2) is 7.11 Å². The van der Waals surface area contributed by atoms with Crippen molar-refractivity contribution < 1.29 is 9.13 Å². The Balaban J connectivity index is 2.83. The number of hydrogen-bond donors (Lipinski definition) is 1. The first-order valence-electron chi connectivity index (χ1n) is 3.67. The van der Waals surface area contributed by atoms with E-state index in [9.17, 15) is 4.39 Å². The zero-order valence-electron chi connectivity index (χ0n) is 6.87. The number of fused-ring (bicyclic) bond motifs is 1. The molecular formula is C9H7FOS2. The molecule has 0 radical (unpaired) electrons. The standard InChI is InChI=1S/C9H7FOS2/c1-11-7-3-2-6(10)9-5(7)4-8(12)13-9/h2-4,12H,1H3. The molecule has 0 bridgehead atoms. The largest absolute Gasteiger partial charge is 0.496 e. The van der Waals surface area contributed by atoms with Gasteiger partial charge < -0.3 is 4.74 Å². The van der Waals surface area contributed by atoms with E-state index in [4.69, 9.17) is 4.74 Å². The topological polar surface area (TPSA) is 9.23 Å². The number of benzene rings is 1. The fourth-order valence-electron chi connectivity index (χ4n) is 1.23. The first-order valence-corrected chi connectivity index (χ1v) is 4.93. The predicted octanol–water partition coefficient (Wildman–Crippen LogP) is 3.34. The summed E-state index contributed by atoms with van der Waals surface area (Å²) in [6, 6.07) is 4.84. The first-order chi connectivity index (χ1) is 6.22. The van der Waals surface area contributed by atoms with E-state index in [1.807, 2.05) is 6.07 Å². The van der Waals surface area contributed by atoms with Gasteiger partial charge in [0.05, 0.1) is 16.0 Å². The van der Waals surface area contributed by atoms with Crippen molar-refractivity contribution in [3.05, 3.63) is 24.0 Å². The van der Waals surface area contributed by atoms with Crippen molar-refractivity contribution in [1.82, 2.24) is 0 Å². The summed E-state index contributed by atoms with van der Waals surface area (Å²) in [6.07, 6.45) is 0.